The largest absolute Gasteiger partial charge is 0.340 e. The second-order valence-electron chi connectivity index (χ2n) is 7.14. The quantitative estimate of drug-likeness (QED) is 0.239. The Morgan fingerprint density at radius 1 is 0.774 bits per heavy atom. The fourth-order valence-electron chi connectivity index (χ4n) is 3.73. The van der Waals surface area contributed by atoms with E-state index < -0.39 is 0 Å². The van der Waals surface area contributed by atoms with Gasteiger partial charge in [-0.3, -0.25) is 9.97 Å². The first kappa shape index (κ1) is 21.0. The standard InChI is InChI=1S/C27H20N3.Pt/c1-2-7-21(8-3-1)19-24-9-4-5-12-26(24)30-18-17-29-27(30)25-11-6-10-23(20-25)22-13-15-28-16-14-22;/h1-10,12-18,20H,19H2;/q-1;. The van der Waals surface area contributed by atoms with Crippen molar-refractivity contribution in [1.82, 2.24) is 14.5 Å². The first-order valence-electron chi connectivity index (χ1n) is 9.96. The molecule has 0 atom stereocenters. The third-order valence-electron chi connectivity index (χ3n) is 5.19. The van der Waals surface area contributed by atoms with E-state index in [1.165, 1.54) is 11.1 Å². The fourth-order valence-corrected chi connectivity index (χ4v) is 3.73. The molecule has 31 heavy (non-hydrogen) atoms. The Morgan fingerprint density at radius 3 is 2.39 bits per heavy atom. The summed E-state index contributed by atoms with van der Waals surface area (Å²) in [6.07, 6.45) is 8.36. The van der Waals surface area contributed by atoms with Gasteiger partial charge in [-0.1, -0.05) is 48.5 Å². The van der Waals surface area contributed by atoms with Crippen LogP contribution < -0.4 is 0 Å². The zero-order valence-corrected chi connectivity index (χ0v) is 19.0. The van der Waals surface area contributed by atoms with Gasteiger partial charge in [-0.15, -0.1) is 35.4 Å². The summed E-state index contributed by atoms with van der Waals surface area (Å²) in [6.45, 7) is 0. The number of imidazole rings is 1. The maximum Gasteiger partial charge on any atom is 0.0603 e. The van der Waals surface area contributed by atoms with Crippen molar-refractivity contribution in [1.29, 1.82) is 0 Å². The topological polar surface area (TPSA) is 30.7 Å². The van der Waals surface area contributed by atoms with E-state index in [0.29, 0.717) is 0 Å². The van der Waals surface area contributed by atoms with Crippen molar-refractivity contribution in [3.63, 3.8) is 0 Å². The van der Waals surface area contributed by atoms with Crippen LogP contribution >= 0.6 is 0 Å². The predicted molar refractivity (Wildman–Crippen MR) is 120 cm³/mol. The molecule has 2 aromatic heterocycles. The van der Waals surface area contributed by atoms with Crippen LogP contribution in [0.2, 0.25) is 0 Å². The van der Waals surface area contributed by atoms with Gasteiger partial charge in [0.2, 0.25) is 0 Å². The van der Waals surface area contributed by atoms with E-state index in [-0.39, 0.29) is 21.1 Å². The Hall–Kier alpha value is -3.29. The number of aromatic nitrogens is 3. The normalized spacial score (nSPS) is 10.5. The van der Waals surface area contributed by atoms with E-state index in [0.717, 1.165) is 34.6 Å². The second-order valence-corrected chi connectivity index (χ2v) is 7.14. The SMILES string of the molecule is [Pt].[c-]1ccc(-c2ccncc2)cc1-c1nccn1-c1ccccc1Cc1ccccc1. The zero-order valence-electron chi connectivity index (χ0n) is 16.8. The summed E-state index contributed by atoms with van der Waals surface area (Å²) < 4.78 is 2.15. The van der Waals surface area contributed by atoms with Crippen LogP contribution in [0.5, 0.6) is 0 Å². The molecule has 4 heteroatoms. The molecule has 0 unspecified atom stereocenters. The molecule has 3 aromatic carbocycles. The molecule has 3 nitrogen and oxygen atoms in total. The molecule has 5 aromatic rings. The third-order valence-corrected chi connectivity index (χ3v) is 5.19. The average Bonchev–Trinajstić information content (AvgIpc) is 3.31. The molecule has 0 spiro atoms. The van der Waals surface area contributed by atoms with E-state index in [9.17, 15) is 0 Å². The molecule has 0 N–H and O–H groups in total. The molecule has 154 valence electrons. The Labute approximate surface area is 196 Å². The van der Waals surface area contributed by atoms with Crippen molar-refractivity contribution in [3.05, 3.63) is 127 Å². The van der Waals surface area contributed by atoms with Crippen molar-refractivity contribution in [2.45, 2.75) is 6.42 Å². The molecule has 0 aliphatic heterocycles. The van der Waals surface area contributed by atoms with Crippen LogP contribution in [0.15, 0.2) is 110 Å². The van der Waals surface area contributed by atoms with Gasteiger partial charge in [0.1, 0.15) is 0 Å². The Morgan fingerprint density at radius 2 is 1.55 bits per heavy atom. The molecule has 0 aliphatic carbocycles. The molecular weight excluding hydrogens is 561 g/mol. The zero-order chi connectivity index (χ0) is 20.2. The monoisotopic (exact) mass is 581 g/mol. The van der Waals surface area contributed by atoms with Gasteiger partial charge in [-0.2, -0.15) is 0 Å². The number of benzene rings is 3. The maximum atomic E-state index is 4.67. The van der Waals surface area contributed by atoms with Gasteiger partial charge in [-0.05, 0) is 41.3 Å². The van der Waals surface area contributed by atoms with Crippen molar-refractivity contribution in [2.75, 3.05) is 0 Å². The summed E-state index contributed by atoms with van der Waals surface area (Å²) in [4.78, 5) is 8.78. The van der Waals surface area contributed by atoms with Gasteiger partial charge in [0.05, 0.1) is 5.82 Å². The van der Waals surface area contributed by atoms with Crippen LogP contribution in [-0.2, 0) is 27.5 Å². The average molecular weight is 582 g/mol. The molecule has 0 saturated carbocycles. The molecule has 0 amide bonds. The third kappa shape index (κ3) is 4.57. The second kappa shape index (κ2) is 9.68. The van der Waals surface area contributed by atoms with Crippen molar-refractivity contribution in [2.24, 2.45) is 0 Å². The van der Waals surface area contributed by atoms with Crippen LogP contribution in [0.4, 0.5) is 0 Å². The van der Waals surface area contributed by atoms with Crippen LogP contribution in [-0.4, -0.2) is 14.5 Å². The molecule has 0 saturated heterocycles. The van der Waals surface area contributed by atoms with E-state index >= 15 is 0 Å². The summed E-state index contributed by atoms with van der Waals surface area (Å²) >= 11 is 0. The van der Waals surface area contributed by atoms with Gasteiger partial charge in [0, 0.05) is 51.5 Å². The molecular formula is C27H20N3Pt-. The fraction of sp³-hybridized carbons (Fsp3) is 0.0370. The van der Waals surface area contributed by atoms with E-state index in [2.05, 4.69) is 87.3 Å². The molecule has 0 fully saturated rings. The number of pyridine rings is 1. The minimum Gasteiger partial charge on any atom is -0.340 e. The van der Waals surface area contributed by atoms with Crippen molar-refractivity contribution >= 4 is 0 Å². The molecule has 2 heterocycles. The number of hydrogen-bond acceptors (Lipinski definition) is 2. The van der Waals surface area contributed by atoms with Gasteiger partial charge in [-0.25, -0.2) is 0 Å². The number of nitrogens with zero attached hydrogens (tertiary/aromatic N) is 3. The first-order valence-corrected chi connectivity index (χ1v) is 9.96. The maximum absolute atomic E-state index is 4.67. The van der Waals surface area contributed by atoms with Crippen LogP contribution in [0.25, 0.3) is 28.2 Å². The number of hydrogen-bond donors (Lipinski definition) is 0. The first-order chi connectivity index (χ1) is 14.9. The van der Waals surface area contributed by atoms with Crippen LogP contribution in [0.3, 0.4) is 0 Å². The van der Waals surface area contributed by atoms with Gasteiger partial charge < -0.3 is 4.57 Å². The molecule has 0 radical (unpaired) electrons. The summed E-state index contributed by atoms with van der Waals surface area (Å²) in [7, 11) is 0. The van der Waals surface area contributed by atoms with E-state index in [4.69, 9.17) is 0 Å². The summed E-state index contributed by atoms with van der Waals surface area (Å²) in [5.74, 6) is 0.881. The molecule has 0 bridgehead atoms. The smallest absolute Gasteiger partial charge is 0.0603 e. The van der Waals surface area contributed by atoms with Gasteiger partial charge >= 0.3 is 0 Å². The molecule has 5 rings (SSSR count). The number of rotatable bonds is 5. The Balaban J connectivity index is 0.00000231. The van der Waals surface area contributed by atoms with Crippen molar-refractivity contribution < 1.29 is 21.1 Å². The number of para-hydroxylation sites is 1. The minimum absolute atomic E-state index is 0. The predicted octanol–water partition coefficient (Wildman–Crippen LogP) is 5.99. The van der Waals surface area contributed by atoms with Crippen LogP contribution in [0.1, 0.15) is 11.1 Å². The Kier molecular flexibility index (Phi) is 6.54. The minimum atomic E-state index is 0. The summed E-state index contributed by atoms with van der Waals surface area (Å²) in [5, 5.41) is 0. The Bertz CT molecular complexity index is 1260. The van der Waals surface area contributed by atoms with Gasteiger partial charge in [0.15, 0.2) is 0 Å². The van der Waals surface area contributed by atoms with Crippen molar-refractivity contribution in [3.8, 4) is 28.2 Å². The van der Waals surface area contributed by atoms with E-state index in [1.54, 1.807) is 0 Å². The summed E-state index contributed by atoms with van der Waals surface area (Å²) in [6, 6.07) is 32.6. The van der Waals surface area contributed by atoms with Crippen LogP contribution in [0, 0.1) is 6.07 Å². The van der Waals surface area contributed by atoms with E-state index in [1.807, 2.05) is 43.0 Å². The van der Waals surface area contributed by atoms with Gasteiger partial charge in [0.25, 0.3) is 0 Å². The summed E-state index contributed by atoms with van der Waals surface area (Å²) in [5.41, 5.74) is 6.90. The molecule has 0 aliphatic rings.